The number of nitriles is 1. The van der Waals surface area contributed by atoms with Gasteiger partial charge in [0.05, 0.1) is 12.5 Å². The highest BCUT2D eigenvalue weighted by molar-refractivity contribution is 5.83. The molecule has 1 atom stereocenters. The van der Waals surface area contributed by atoms with Gasteiger partial charge >= 0.3 is 5.97 Å². The van der Waals surface area contributed by atoms with Crippen LogP contribution < -0.4 is 0 Å². The van der Waals surface area contributed by atoms with Crippen LogP contribution in [0.5, 0.6) is 0 Å². The molecule has 90 valence electrons. The molecule has 0 saturated carbocycles. The largest absolute Gasteiger partial charge is 0.480 e. The van der Waals surface area contributed by atoms with Crippen LogP contribution in [0, 0.1) is 17.2 Å². The summed E-state index contributed by atoms with van der Waals surface area (Å²) in [7, 11) is 0. The third-order valence-electron chi connectivity index (χ3n) is 2.19. The van der Waals surface area contributed by atoms with E-state index in [1.807, 2.05) is 19.9 Å². The van der Waals surface area contributed by atoms with Crippen molar-refractivity contribution in [2.75, 3.05) is 6.54 Å². The molecule has 0 spiro atoms. The lowest BCUT2D eigenvalue weighted by atomic mass is 10.1. The average Bonchev–Trinajstić information content (AvgIpc) is 2.16. The topological polar surface area (TPSA) is 81.4 Å². The van der Waals surface area contributed by atoms with E-state index in [4.69, 9.17) is 10.4 Å². The molecule has 0 aromatic heterocycles. The predicted molar refractivity (Wildman–Crippen MR) is 58.5 cm³/mol. The lowest BCUT2D eigenvalue weighted by molar-refractivity contribution is -0.149. The Hall–Kier alpha value is -1.57. The van der Waals surface area contributed by atoms with Crippen LogP contribution in [0.3, 0.4) is 0 Å². The van der Waals surface area contributed by atoms with Crippen molar-refractivity contribution >= 4 is 11.9 Å². The Morgan fingerprint density at radius 2 is 1.94 bits per heavy atom. The van der Waals surface area contributed by atoms with Crippen molar-refractivity contribution in [2.24, 2.45) is 5.92 Å². The van der Waals surface area contributed by atoms with E-state index in [1.165, 1.54) is 11.8 Å². The van der Waals surface area contributed by atoms with Crippen molar-refractivity contribution in [1.29, 1.82) is 5.26 Å². The summed E-state index contributed by atoms with van der Waals surface area (Å²) in [5.41, 5.74) is 0. The zero-order valence-electron chi connectivity index (χ0n) is 9.93. The second-order valence-corrected chi connectivity index (χ2v) is 4.11. The summed E-state index contributed by atoms with van der Waals surface area (Å²) in [6.45, 7) is 5.42. The smallest absolute Gasteiger partial charge is 0.326 e. The molecule has 0 rings (SSSR count). The first-order chi connectivity index (χ1) is 7.40. The number of aliphatic carboxylic acids is 1. The quantitative estimate of drug-likeness (QED) is 0.739. The fourth-order valence-electron chi connectivity index (χ4n) is 1.30. The van der Waals surface area contributed by atoms with Gasteiger partial charge in [0.2, 0.25) is 5.91 Å². The van der Waals surface area contributed by atoms with E-state index in [1.54, 1.807) is 0 Å². The van der Waals surface area contributed by atoms with Gasteiger partial charge in [-0.1, -0.05) is 13.8 Å². The number of carbonyl (C=O) groups is 2. The van der Waals surface area contributed by atoms with Crippen LogP contribution in [0.25, 0.3) is 0 Å². The molecule has 5 heteroatoms. The molecule has 0 aromatic rings. The molecule has 1 amide bonds. The van der Waals surface area contributed by atoms with E-state index in [0.717, 1.165) is 0 Å². The van der Waals surface area contributed by atoms with Gasteiger partial charge in [0.1, 0.15) is 6.04 Å². The minimum absolute atomic E-state index is 0.154. The van der Waals surface area contributed by atoms with Gasteiger partial charge in [0.15, 0.2) is 0 Å². The molecule has 16 heavy (non-hydrogen) atoms. The normalized spacial score (nSPS) is 11.9. The SMILES string of the molecule is CC(C)CC(=O)N(CCC#N)C(C)C(=O)O. The summed E-state index contributed by atoms with van der Waals surface area (Å²) >= 11 is 0. The summed E-state index contributed by atoms with van der Waals surface area (Å²) in [6, 6.07) is 1.04. The van der Waals surface area contributed by atoms with Gasteiger partial charge < -0.3 is 10.0 Å². The van der Waals surface area contributed by atoms with Crippen molar-refractivity contribution in [3.05, 3.63) is 0 Å². The van der Waals surface area contributed by atoms with Gasteiger partial charge in [0, 0.05) is 13.0 Å². The highest BCUT2D eigenvalue weighted by Crippen LogP contribution is 2.09. The average molecular weight is 226 g/mol. The molecule has 0 heterocycles. The van der Waals surface area contributed by atoms with Crippen LogP contribution in [-0.2, 0) is 9.59 Å². The molecule has 0 aliphatic rings. The first-order valence-electron chi connectivity index (χ1n) is 5.29. The third-order valence-corrected chi connectivity index (χ3v) is 2.19. The molecule has 0 fully saturated rings. The standard InChI is InChI=1S/C11H18N2O3/c1-8(2)7-10(14)13(6-4-5-12)9(3)11(15)16/h8-9H,4,6-7H2,1-3H3,(H,15,16). The zero-order valence-corrected chi connectivity index (χ0v) is 9.93. The molecule has 0 aliphatic carbocycles. The van der Waals surface area contributed by atoms with E-state index in [0.29, 0.717) is 6.42 Å². The van der Waals surface area contributed by atoms with Gasteiger partial charge in [-0.25, -0.2) is 4.79 Å². The predicted octanol–water partition coefficient (Wildman–Crippen LogP) is 1.25. The summed E-state index contributed by atoms with van der Waals surface area (Å²) in [6.07, 6.45) is 0.463. The maximum atomic E-state index is 11.8. The van der Waals surface area contributed by atoms with E-state index in [2.05, 4.69) is 0 Å². The Balaban J connectivity index is 4.59. The van der Waals surface area contributed by atoms with Crippen LogP contribution in [0.15, 0.2) is 0 Å². The molecule has 0 aliphatic heterocycles. The Morgan fingerprint density at radius 1 is 1.38 bits per heavy atom. The van der Waals surface area contributed by atoms with Crippen LogP contribution in [-0.4, -0.2) is 34.5 Å². The van der Waals surface area contributed by atoms with Gasteiger partial charge in [-0.05, 0) is 12.8 Å². The lowest BCUT2D eigenvalue weighted by Crippen LogP contribution is -2.44. The number of carboxylic acids is 1. The summed E-state index contributed by atoms with van der Waals surface area (Å²) in [4.78, 5) is 23.8. The van der Waals surface area contributed by atoms with Gasteiger partial charge in [-0.2, -0.15) is 5.26 Å². The highest BCUT2D eigenvalue weighted by Gasteiger charge is 2.25. The molecular weight excluding hydrogens is 208 g/mol. The van der Waals surface area contributed by atoms with Gasteiger partial charge in [-0.3, -0.25) is 4.79 Å². The number of hydrogen-bond acceptors (Lipinski definition) is 3. The number of carboxylic acid groups (broad SMARTS) is 1. The van der Waals surface area contributed by atoms with Gasteiger partial charge in [-0.15, -0.1) is 0 Å². The Labute approximate surface area is 95.7 Å². The number of nitrogens with zero attached hydrogens (tertiary/aromatic N) is 2. The van der Waals surface area contributed by atoms with Crippen molar-refractivity contribution in [3.8, 4) is 6.07 Å². The highest BCUT2D eigenvalue weighted by atomic mass is 16.4. The molecule has 0 saturated heterocycles. The molecule has 0 bridgehead atoms. The molecule has 1 unspecified atom stereocenters. The van der Waals surface area contributed by atoms with E-state index in [9.17, 15) is 9.59 Å². The zero-order chi connectivity index (χ0) is 12.7. The minimum atomic E-state index is -1.05. The first kappa shape index (κ1) is 14.4. The maximum Gasteiger partial charge on any atom is 0.326 e. The Kier molecular flexibility index (Phi) is 6.16. The number of rotatable bonds is 6. The van der Waals surface area contributed by atoms with Crippen molar-refractivity contribution < 1.29 is 14.7 Å². The Bertz CT molecular complexity index is 294. The molecule has 0 radical (unpaired) electrons. The van der Waals surface area contributed by atoms with Crippen LogP contribution in [0.1, 0.15) is 33.6 Å². The van der Waals surface area contributed by atoms with Crippen molar-refractivity contribution in [2.45, 2.75) is 39.7 Å². The lowest BCUT2D eigenvalue weighted by Gasteiger charge is -2.26. The second-order valence-electron chi connectivity index (χ2n) is 4.11. The minimum Gasteiger partial charge on any atom is -0.480 e. The molecule has 1 N–H and O–H groups in total. The number of carbonyl (C=O) groups excluding carboxylic acids is 1. The molecule has 0 aromatic carbocycles. The Morgan fingerprint density at radius 3 is 2.31 bits per heavy atom. The van der Waals surface area contributed by atoms with Crippen LogP contribution in [0.4, 0.5) is 0 Å². The summed E-state index contributed by atoms with van der Waals surface area (Å²) in [5, 5.41) is 17.3. The van der Waals surface area contributed by atoms with Crippen molar-refractivity contribution in [3.63, 3.8) is 0 Å². The summed E-state index contributed by atoms with van der Waals surface area (Å²) < 4.78 is 0. The van der Waals surface area contributed by atoms with Crippen molar-refractivity contribution in [1.82, 2.24) is 4.90 Å². The fraction of sp³-hybridized carbons (Fsp3) is 0.727. The number of amides is 1. The van der Waals surface area contributed by atoms with E-state index in [-0.39, 0.29) is 24.8 Å². The van der Waals surface area contributed by atoms with Crippen LogP contribution >= 0.6 is 0 Å². The van der Waals surface area contributed by atoms with E-state index >= 15 is 0 Å². The number of hydrogen-bond donors (Lipinski definition) is 1. The maximum absolute atomic E-state index is 11.8. The molecule has 5 nitrogen and oxygen atoms in total. The fourth-order valence-corrected chi connectivity index (χ4v) is 1.30. The summed E-state index contributed by atoms with van der Waals surface area (Å²) in [5.74, 6) is -1.08. The second kappa shape index (κ2) is 6.83. The van der Waals surface area contributed by atoms with E-state index < -0.39 is 12.0 Å². The van der Waals surface area contributed by atoms with Gasteiger partial charge in [0.25, 0.3) is 0 Å². The third kappa shape index (κ3) is 4.78. The monoisotopic (exact) mass is 226 g/mol. The first-order valence-corrected chi connectivity index (χ1v) is 5.29. The van der Waals surface area contributed by atoms with Crippen LogP contribution in [0.2, 0.25) is 0 Å². The molecular formula is C11H18N2O3.